The molecule has 2 aromatic rings. The van der Waals surface area contributed by atoms with Crippen LogP contribution in [0.2, 0.25) is 0 Å². The van der Waals surface area contributed by atoms with Crippen LogP contribution in [0.3, 0.4) is 0 Å². The van der Waals surface area contributed by atoms with E-state index in [1.54, 1.807) is 17.4 Å². The number of aromatic hydroxyl groups is 1. The van der Waals surface area contributed by atoms with E-state index in [4.69, 9.17) is 4.74 Å². The molecular formula is C11H12O2S. The van der Waals surface area contributed by atoms with Gasteiger partial charge in [-0.15, -0.1) is 11.3 Å². The second-order valence-corrected chi connectivity index (χ2v) is 4.08. The Labute approximate surface area is 86.8 Å². The number of fused-ring (bicyclic) bond motifs is 1. The average Bonchev–Trinajstić information content (AvgIpc) is 2.51. The Kier molecular flexibility index (Phi) is 2.33. The maximum atomic E-state index is 9.52. The van der Waals surface area contributed by atoms with Crippen LogP contribution in [-0.2, 0) is 0 Å². The van der Waals surface area contributed by atoms with Gasteiger partial charge in [0.2, 0.25) is 0 Å². The summed E-state index contributed by atoms with van der Waals surface area (Å²) in [5.41, 5.74) is 0.886. The topological polar surface area (TPSA) is 29.5 Å². The van der Waals surface area contributed by atoms with Gasteiger partial charge in [-0.2, -0.15) is 0 Å². The first-order valence-corrected chi connectivity index (χ1v) is 5.44. The first-order valence-electron chi connectivity index (χ1n) is 4.56. The van der Waals surface area contributed by atoms with Crippen LogP contribution in [0, 0.1) is 6.92 Å². The lowest BCUT2D eigenvalue weighted by atomic mass is 10.1. The molecule has 1 aromatic carbocycles. The summed E-state index contributed by atoms with van der Waals surface area (Å²) < 4.78 is 6.55. The molecule has 1 N–H and O–H groups in total. The molecule has 0 saturated heterocycles. The Morgan fingerprint density at radius 1 is 1.43 bits per heavy atom. The van der Waals surface area contributed by atoms with Crippen LogP contribution in [0.25, 0.3) is 10.1 Å². The van der Waals surface area contributed by atoms with Gasteiger partial charge in [0, 0.05) is 15.5 Å². The molecule has 0 atom stereocenters. The molecule has 0 aliphatic heterocycles. The zero-order chi connectivity index (χ0) is 10.1. The molecule has 0 fully saturated rings. The van der Waals surface area contributed by atoms with Gasteiger partial charge in [0.25, 0.3) is 0 Å². The lowest BCUT2D eigenvalue weighted by Gasteiger charge is -2.02. The Bertz CT molecular complexity index is 460. The monoisotopic (exact) mass is 208 g/mol. The third-order valence-electron chi connectivity index (χ3n) is 2.16. The van der Waals surface area contributed by atoms with E-state index in [2.05, 4.69) is 0 Å². The van der Waals surface area contributed by atoms with Gasteiger partial charge < -0.3 is 9.84 Å². The molecule has 0 spiro atoms. The number of phenols is 1. The van der Waals surface area contributed by atoms with Crippen molar-refractivity contribution in [3.8, 4) is 11.5 Å². The maximum Gasteiger partial charge on any atom is 0.137 e. The summed E-state index contributed by atoms with van der Waals surface area (Å²) in [6.07, 6.45) is 0. The fraction of sp³-hybridized carbons (Fsp3) is 0.273. The van der Waals surface area contributed by atoms with Crippen molar-refractivity contribution < 1.29 is 9.84 Å². The molecule has 0 unspecified atom stereocenters. The molecule has 0 saturated carbocycles. The van der Waals surface area contributed by atoms with Crippen LogP contribution < -0.4 is 4.74 Å². The quantitative estimate of drug-likeness (QED) is 0.820. The van der Waals surface area contributed by atoms with E-state index in [9.17, 15) is 5.11 Å². The lowest BCUT2D eigenvalue weighted by Crippen LogP contribution is -1.89. The normalized spacial score (nSPS) is 10.7. The first kappa shape index (κ1) is 9.34. The van der Waals surface area contributed by atoms with E-state index in [1.165, 1.54) is 0 Å². The second-order valence-electron chi connectivity index (χ2n) is 3.17. The first-order chi connectivity index (χ1) is 6.72. The molecule has 0 aliphatic carbocycles. The maximum absolute atomic E-state index is 9.52. The zero-order valence-electron chi connectivity index (χ0n) is 8.20. The molecule has 74 valence electrons. The van der Waals surface area contributed by atoms with E-state index < -0.39 is 0 Å². The van der Waals surface area contributed by atoms with E-state index in [0.29, 0.717) is 12.4 Å². The van der Waals surface area contributed by atoms with Gasteiger partial charge in [-0.05, 0) is 31.5 Å². The van der Waals surface area contributed by atoms with Gasteiger partial charge in [-0.25, -0.2) is 0 Å². The van der Waals surface area contributed by atoms with Gasteiger partial charge in [-0.3, -0.25) is 0 Å². The number of thiophene rings is 1. The Hall–Kier alpha value is -1.22. The van der Waals surface area contributed by atoms with Crippen molar-refractivity contribution in [3.05, 3.63) is 23.1 Å². The van der Waals surface area contributed by atoms with Crippen molar-refractivity contribution >= 4 is 21.4 Å². The predicted molar refractivity (Wildman–Crippen MR) is 59.4 cm³/mol. The number of hydrogen-bond acceptors (Lipinski definition) is 3. The Morgan fingerprint density at radius 3 is 2.93 bits per heavy atom. The molecule has 1 heterocycles. The molecule has 14 heavy (non-hydrogen) atoms. The smallest absolute Gasteiger partial charge is 0.137 e. The summed E-state index contributed by atoms with van der Waals surface area (Å²) in [7, 11) is 0. The molecule has 0 bridgehead atoms. The number of aryl methyl sites for hydroxylation is 1. The Balaban J connectivity index is 2.61. The third-order valence-corrected chi connectivity index (χ3v) is 3.08. The number of ether oxygens (including phenoxy) is 1. The van der Waals surface area contributed by atoms with Gasteiger partial charge >= 0.3 is 0 Å². The van der Waals surface area contributed by atoms with E-state index >= 15 is 0 Å². The van der Waals surface area contributed by atoms with Crippen molar-refractivity contribution in [2.75, 3.05) is 6.61 Å². The molecule has 1 aromatic heterocycles. The van der Waals surface area contributed by atoms with Gasteiger partial charge in [0.05, 0.1) is 6.61 Å². The Morgan fingerprint density at radius 2 is 2.21 bits per heavy atom. The molecule has 2 rings (SSSR count). The molecule has 0 radical (unpaired) electrons. The minimum absolute atomic E-state index is 0.349. The van der Waals surface area contributed by atoms with Crippen LogP contribution >= 0.6 is 11.3 Å². The van der Waals surface area contributed by atoms with Crippen molar-refractivity contribution in [2.45, 2.75) is 13.8 Å². The van der Waals surface area contributed by atoms with E-state index in [0.717, 1.165) is 21.4 Å². The summed E-state index contributed by atoms with van der Waals surface area (Å²) in [5, 5.41) is 12.6. The summed E-state index contributed by atoms with van der Waals surface area (Å²) in [6, 6.07) is 3.75. The SMILES string of the molecule is CCOc1csc2cc(O)c(C)cc12. The molecule has 2 nitrogen and oxygen atoms in total. The van der Waals surface area contributed by atoms with Crippen LogP contribution in [0.1, 0.15) is 12.5 Å². The van der Waals surface area contributed by atoms with Crippen molar-refractivity contribution in [2.24, 2.45) is 0 Å². The fourth-order valence-electron chi connectivity index (χ4n) is 1.42. The summed E-state index contributed by atoms with van der Waals surface area (Å²) >= 11 is 1.59. The second kappa shape index (κ2) is 3.50. The fourth-order valence-corrected chi connectivity index (χ4v) is 2.31. The lowest BCUT2D eigenvalue weighted by molar-refractivity contribution is 0.345. The summed E-state index contributed by atoms with van der Waals surface area (Å²) in [6.45, 7) is 4.53. The van der Waals surface area contributed by atoms with E-state index in [-0.39, 0.29) is 0 Å². The minimum Gasteiger partial charge on any atom is -0.508 e. The van der Waals surface area contributed by atoms with Crippen LogP contribution in [0.15, 0.2) is 17.5 Å². The molecule has 0 aliphatic rings. The van der Waals surface area contributed by atoms with E-state index in [1.807, 2.05) is 25.3 Å². The highest BCUT2D eigenvalue weighted by Gasteiger charge is 2.07. The zero-order valence-corrected chi connectivity index (χ0v) is 9.02. The highest BCUT2D eigenvalue weighted by atomic mass is 32.1. The largest absolute Gasteiger partial charge is 0.508 e. The number of hydrogen-bond donors (Lipinski definition) is 1. The predicted octanol–water partition coefficient (Wildman–Crippen LogP) is 3.31. The number of rotatable bonds is 2. The van der Waals surface area contributed by atoms with Crippen LogP contribution in [0.5, 0.6) is 11.5 Å². The van der Waals surface area contributed by atoms with Crippen molar-refractivity contribution in [1.82, 2.24) is 0 Å². The highest BCUT2D eigenvalue weighted by Crippen LogP contribution is 2.36. The number of benzene rings is 1. The molecule has 3 heteroatoms. The standard InChI is InChI=1S/C11H12O2S/c1-3-13-10-6-14-11-5-9(12)7(2)4-8(10)11/h4-6,12H,3H2,1-2H3. The molecule has 0 amide bonds. The molecular weight excluding hydrogens is 196 g/mol. The van der Waals surface area contributed by atoms with Crippen molar-refractivity contribution in [1.29, 1.82) is 0 Å². The van der Waals surface area contributed by atoms with Crippen LogP contribution in [0.4, 0.5) is 0 Å². The summed E-state index contributed by atoms with van der Waals surface area (Å²) in [5.74, 6) is 1.26. The summed E-state index contributed by atoms with van der Waals surface area (Å²) in [4.78, 5) is 0. The third kappa shape index (κ3) is 1.44. The van der Waals surface area contributed by atoms with Gasteiger partial charge in [-0.1, -0.05) is 0 Å². The highest BCUT2D eigenvalue weighted by molar-refractivity contribution is 7.17. The number of phenolic OH excluding ortho intramolecular Hbond substituents is 1. The van der Waals surface area contributed by atoms with Crippen LogP contribution in [-0.4, -0.2) is 11.7 Å². The minimum atomic E-state index is 0.349. The van der Waals surface area contributed by atoms with Crippen molar-refractivity contribution in [3.63, 3.8) is 0 Å². The van der Waals surface area contributed by atoms with Gasteiger partial charge in [0.1, 0.15) is 11.5 Å². The average molecular weight is 208 g/mol. The van der Waals surface area contributed by atoms with Gasteiger partial charge in [0.15, 0.2) is 0 Å².